The minimum Gasteiger partial charge on any atom is -0.389 e. The predicted molar refractivity (Wildman–Crippen MR) is 83.2 cm³/mol. The number of rotatable bonds is 8. The molecule has 0 radical (unpaired) electrons. The molecule has 23 heavy (non-hydrogen) atoms. The van der Waals surface area contributed by atoms with Gasteiger partial charge in [-0.2, -0.15) is 0 Å². The summed E-state index contributed by atoms with van der Waals surface area (Å²) < 4.78 is 37.2. The fraction of sp³-hybridized carbons (Fsp3) is 0.647. The van der Waals surface area contributed by atoms with Crippen LogP contribution in [0.5, 0.6) is 0 Å². The van der Waals surface area contributed by atoms with Crippen molar-refractivity contribution in [3.05, 3.63) is 35.4 Å². The Kier molecular flexibility index (Phi) is 6.89. The van der Waals surface area contributed by atoms with Crippen LogP contribution in [0.3, 0.4) is 0 Å². The molecule has 1 aromatic rings. The lowest BCUT2D eigenvalue weighted by atomic mass is 10.1. The van der Waals surface area contributed by atoms with Gasteiger partial charge in [-0.15, -0.1) is 0 Å². The van der Waals surface area contributed by atoms with Crippen LogP contribution >= 0.6 is 0 Å². The molecule has 1 fully saturated rings. The van der Waals surface area contributed by atoms with Crippen LogP contribution in [0.4, 0.5) is 8.78 Å². The van der Waals surface area contributed by atoms with E-state index in [0.29, 0.717) is 18.7 Å². The monoisotopic (exact) mass is 329 g/mol. The zero-order valence-electron chi connectivity index (χ0n) is 13.7. The van der Waals surface area contributed by atoms with Crippen molar-refractivity contribution in [2.24, 2.45) is 0 Å². The number of aliphatic hydroxyl groups is 1. The smallest absolute Gasteiger partial charge is 0.159 e. The largest absolute Gasteiger partial charge is 0.389 e. The summed E-state index contributed by atoms with van der Waals surface area (Å²) in [6.45, 7) is 3.78. The van der Waals surface area contributed by atoms with Crippen LogP contribution in [0.2, 0.25) is 0 Å². The van der Waals surface area contributed by atoms with Crippen LogP contribution in [0.25, 0.3) is 0 Å². The Hall–Kier alpha value is -1.08. The van der Waals surface area contributed by atoms with Crippen molar-refractivity contribution in [3.8, 4) is 0 Å². The third kappa shape index (κ3) is 5.49. The highest BCUT2D eigenvalue weighted by atomic mass is 19.2. The lowest BCUT2D eigenvalue weighted by Gasteiger charge is -2.27. The first-order chi connectivity index (χ1) is 11.0. The van der Waals surface area contributed by atoms with Gasteiger partial charge in [0.25, 0.3) is 0 Å². The maximum absolute atomic E-state index is 13.3. The van der Waals surface area contributed by atoms with Gasteiger partial charge in [0.15, 0.2) is 11.6 Å². The van der Waals surface area contributed by atoms with Crippen molar-refractivity contribution in [2.45, 2.75) is 38.0 Å². The molecule has 1 aliphatic rings. The number of benzene rings is 1. The van der Waals surface area contributed by atoms with Crippen LogP contribution in [-0.4, -0.2) is 55.6 Å². The van der Waals surface area contributed by atoms with Crippen molar-refractivity contribution in [3.63, 3.8) is 0 Å². The summed E-state index contributed by atoms with van der Waals surface area (Å²) in [6.07, 6.45) is 1.56. The minimum atomic E-state index is -0.858. The van der Waals surface area contributed by atoms with Crippen molar-refractivity contribution in [2.75, 3.05) is 33.4 Å². The van der Waals surface area contributed by atoms with E-state index in [2.05, 4.69) is 0 Å². The van der Waals surface area contributed by atoms with E-state index in [1.807, 2.05) is 18.9 Å². The van der Waals surface area contributed by atoms with Gasteiger partial charge in [0.05, 0.1) is 25.4 Å². The molecule has 3 unspecified atom stereocenters. The number of aliphatic hydroxyl groups excluding tert-OH is 1. The summed E-state index contributed by atoms with van der Waals surface area (Å²) >= 11 is 0. The summed E-state index contributed by atoms with van der Waals surface area (Å²) in [5.41, 5.74) is 0.666. The molecule has 0 amide bonds. The molecular formula is C17H25F2NO3. The summed E-state index contributed by atoms with van der Waals surface area (Å²) in [6, 6.07) is 3.73. The average molecular weight is 329 g/mol. The molecule has 3 atom stereocenters. The standard InChI is InChI=1S/C17H25F2NO3/c1-12(13-5-6-16(18)17(19)8-13)20(2)9-14(21)10-22-11-15-4-3-7-23-15/h5-6,8,12,14-15,21H,3-4,7,9-11H2,1-2H3. The van der Waals surface area contributed by atoms with Crippen molar-refractivity contribution < 1.29 is 23.4 Å². The molecule has 0 bridgehead atoms. The molecule has 4 nitrogen and oxygen atoms in total. The lowest BCUT2D eigenvalue weighted by molar-refractivity contribution is -0.0257. The maximum atomic E-state index is 13.3. The van der Waals surface area contributed by atoms with Gasteiger partial charge in [-0.3, -0.25) is 4.90 Å². The number of ether oxygens (including phenoxy) is 2. The highest BCUT2D eigenvalue weighted by Gasteiger charge is 2.19. The SMILES string of the molecule is CC(c1ccc(F)c(F)c1)N(C)CC(O)COCC1CCCO1. The first-order valence-corrected chi connectivity index (χ1v) is 8.00. The highest BCUT2D eigenvalue weighted by molar-refractivity contribution is 5.20. The number of nitrogens with zero attached hydrogens (tertiary/aromatic N) is 1. The zero-order valence-corrected chi connectivity index (χ0v) is 13.7. The van der Waals surface area contributed by atoms with Gasteiger partial charge in [-0.1, -0.05) is 6.07 Å². The van der Waals surface area contributed by atoms with Crippen molar-refractivity contribution in [1.82, 2.24) is 4.90 Å². The molecule has 1 N–H and O–H groups in total. The van der Waals surface area contributed by atoms with Crippen LogP contribution < -0.4 is 0 Å². The van der Waals surface area contributed by atoms with E-state index in [1.54, 1.807) is 6.07 Å². The third-order valence-corrected chi connectivity index (χ3v) is 4.22. The van der Waals surface area contributed by atoms with Crippen LogP contribution in [0.15, 0.2) is 18.2 Å². The van der Waals surface area contributed by atoms with Crippen LogP contribution in [0.1, 0.15) is 31.4 Å². The summed E-state index contributed by atoms with van der Waals surface area (Å²) in [5, 5.41) is 10.0. The molecule has 1 aliphatic heterocycles. The predicted octanol–water partition coefficient (Wildman–Crippen LogP) is 2.51. The summed E-state index contributed by atoms with van der Waals surface area (Å²) in [5.74, 6) is -1.71. The molecule has 1 heterocycles. The van der Waals surface area contributed by atoms with E-state index in [0.717, 1.165) is 25.5 Å². The second kappa shape index (κ2) is 8.68. The van der Waals surface area contributed by atoms with Crippen LogP contribution in [-0.2, 0) is 9.47 Å². The molecule has 1 saturated heterocycles. The number of halogens is 2. The van der Waals surface area contributed by atoms with E-state index in [9.17, 15) is 13.9 Å². The third-order valence-electron chi connectivity index (χ3n) is 4.22. The van der Waals surface area contributed by atoms with E-state index in [1.165, 1.54) is 6.07 Å². The first kappa shape index (κ1) is 18.3. The highest BCUT2D eigenvalue weighted by Crippen LogP contribution is 2.21. The van der Waals surface area contributed by atoms with Gasteiger partial charge in [-0.05, 0) is 44.5 Å². The van der Waals surface area contributed by atoms with Crippen LogP contribution in [0, 0.1) is 11.6 Å². The normalized spacial score (nSPS) is 20.9. The Bertz CT molecular complexity index is 495. The molecule has 0 aliphatic carbocycles. The topological polar surface area (TPSA) is 41.9 Å². The quantitative estimate of drug-likeness (QED) is 0.796. The summed E-state index contributed by atoms with van der Waals surface area (Å²) in [7, 11) is 1.83. The Morgan fingerprint density at radius 2 is 2.17 bits per heavy atom. The number of hydrogen-bond acceptors (Lipinski definition) is 4. The number of likely N-dealkylation sites (N-methyl/N-ethyl adjacent to an activating group) is 1. The molecule has 2 rings (SSSR count). The van der Waals surface area contributed by atoms with E-state index < -0.39 is 17.7 Å². The first-order valence-electron chi connectivity index (χ1n) is 8.00. The fourth-order valence-electron chi connectivity index (χ4n) is 2.68. The van der Waals surface area contributed by atoms with Gasteiger partial charge in [0.1, 0.15) is 0 Å². The minimum absolute atomic E-state index is 0.140. The van der Waals surface area contributed by atoms with E-state index >= 15 is 0 Å². The molecule has 0 spiro atoms. The second-order valence-electron chi connectivity index (χ2n) is 6.12. The van der Waals surface area contributed by atoms with Crippen molar-refractivity contribution >= 4 is 0 Å². The van der Waals surface area contributed by atoms with Gasteiger partial charge < -0.3 is 14.6 Å². The van der Waals surface area contributed by atoms with Gasteiger partial charge >= 0.3 is 0 Å². The molecule has 0 aromatic heterocycles. The van der Waals surface area contributed by atoms with E-state index in [-0.39, 0.29) is 18.8 Å². The molecular weight excluding hydrogens is 304 g/mol. The van der Waals surface area contributed by atoms with Gasteiger partial charge in [0, 0.05) is 19.2 Å². The molecule has 0 saturated carbocycles. The fourth-order valence-corrected chi connectivity index (χ4v) is 2.68. The molecule has 6 heteroatoms. The van der Waals surface area contributed by atoms with E-state index in [4.69, 9.17) is 9.47 Å². The number of hydrogen-bond donors (Lipinski definition) is 1. The van der Waals surface area contributed by atoms with Gasteiger partial charge in [-0.25, -0.2) is 8.78 Å². The maximum Gasteiger partial charge on any atom is 0.159 e. The summed E-state index contributed by atoms with van der Waals surface area (Å²) in [4.78, 5) is 1.88. The second-order valence-corrected chi connectivity index (χ2v) is 6.12. The Labute approximate surface area is 136 Å². The van der Waals surface area contributed by atoms with Gasteiger partial charge in [0.2, 0.25) is 0 Å². The Morgan fingerprint density at radius 3 is 2.83 bits per heavy atom. The Morgan fingerprint density at radius 1 is 1.39 bits per heavy atom. The van der Waals surface area contributed by atoms with Crippen molar-refractivity contribution in [1.29, 1.82) is 0 Å². The average Bonchev–Trinajstić information content (AvgIpc) is 3.02. The lowest BCUT2D eigenvalue weighted by Crippen LogP contribution is -2.34. The zero-order chi connectivity index (χ0) is 16.8. The molecule has 1 aromatic carbocycles. The Balaban J connectivity index is 1.75. The molecule has 130 valence electrons.